The molecule has 0 atom stereocenters. The van der Waals surface area contributed by atoms with E-state index in [1.807, 2.05) is 18.4 Å². The van der Waals surface area contributed by atoms with Crippen molar-refractivity contribution in [2.24, 2.45) is 0 Å². The highest BCUT2D eigenvalue weighted by molar-refractivity contribution is 7.09. The van der Waals surface area contributed by atoms with Gasteiger partial charge < -0.3 is 11.1 Å². The number of nitrogen functional groups attached to an aromatic ring is 1. The number of nitriles is 1. The van der Waals surface area contributed by atoms with Gasteiger partial charge in [-0.15, -0.1) is 11.3 Å². The number of anilines is 2. The largest absolute Gasteiger partial charge is 0.395 e. The lowest BCUT2D eigenvalue weighted by Crippen LogP contribution is -2.05. The summed E-state index contributed by atoms with van der Waals surface area (Å²) in [5.74, 6) is 0.525. The lowest BCUT2D eigenvalue weighted by Gasteiger charge is -2.07. The van der Waals surface area contributed by atoms with Gasteiger partial charge in [-0.3, -0.25) is 0 Å². The van der Waals surface area contributed by atoms with Crippen molar-refractivity contribution < 1.29 is 0 Å². The van der Waals surface area contributed by atoms with Crippen LogP contribution >= 0.6 is 11.3 Å². The fourth-order valence-electron chi connectivity index (χ4n) is 1.35. The molecule has 5 nitrogen and oxygen atoms in total. The summed E-state index contributed by atoms with van der Waals surface area (Å²) in [6, 6.07) is 3.61. The van der Waals surface area contributed by atoms with Crippen molar-refractivity contribution in [1.29, 1.82) is 5.26 Å². The highest BCUT2D eigenvalue weighted by Gasteiger charge is 2.06. The van der Waals surface area contributed by atoms with E-state index in [1.165, 1.54) is 0 Å². The van der Waals surface area contributed by atoms with Gasteiger partial charge in [-0.2, -0.15) is 5.26 Å². The minimum Gasteiger partial charge on any atom is -0.395 e. The number of aromatic nitrogens is 2. The second-order valence-corrected chi connectivity index (χ2v) is 4.41. The van der Waals surface area contributed by atoms with Crippen molar-refractivity contribution in [2.45, 2.75) is 13.5 Å². The van der Waals surface area contributed by atoms with Gasteiger partial charge in [0.1, 0.15) is 11.1 Å². The Kier molecular flexibility index (Phi) is 3.21. The number of nitrogens with one attached hydrogen (secondary N) is 1. The summed E-state index contributed by atoms with van der Waals surface area (Å²) >= 11 is 1.58. The molecule has 0 aliphatic rings. The van der Waals surface area contributed by atoms with E-state index in [0.717, 1.165) is 10.7 Å². The molecule has 0 bridgehead atoms. The molecular weight excluding hydrogens is 234 g/mol. The number of pyridine rings is 1. The van der Waals surface area contributed by atoms with Crippen molar-refractivity contribution in [2.75, 3.05) is 11.1 Å². The minimum absolute atomic E-state index is 0.378. The highest BCUT2D eigenvalue weighted by atomic mass is 32.1. The van der Waals surface area contributed by atoms with Crippen molar-refractivity contribution in [1.82, 2.24) is 9.97 Å². The van der Waals surface area contributed by atoms with E-state index in [2.05, 4.69) is 15.3 Å². The van der Waals surface area contributed by atoms with Gasteiger partial charge in [-0.05, 0) is 13.0 Å². The van der Waals surface area contributed by atoms with Crippen molar-refractivity contribution in [3.05, 3.63) is 33.9 Å². The molecule has 0 fully saturated rings. The molecular formula is C11H11N5S. The Hall–Kier alpha value is -2.13. The molecule has 0 saturated heterocycles. The molecule has 0 aromatic carbocycles. The predicted octanol–water partition coefficient (Wildman–Crippen LogP) is 1.91. The first-order valence-electron chi connectivity index (χ1n) is 5.00. The third-order valence-electron chi connectivity index (χ3n) is 2.18. The van der Waals surface area contributed by atoms with E-state index in [0.29, 0.717) is 23.6 Å². The summed E-state index contributed by atoms with van der Waals surface area (Å²) in [6.07, 6.45) is 1.56. The van der Waals surface area contributed by atoms with Gasteiger partial charge in [0, 0.05) is 17.3 Å². The maximum atomic E-state index is 8.84. The maximum absolute atomic E-state index is 8.84. The minimum atomic E-state index is 0.378. The molecule has 2 aromatic rings. The molecule has 86 valence electrons. The van der Waals surface area contributed by atoms with Crippen molar-refractivity contribution in [3.8, 4) is 6.07 Å². The maximum Gasteiger partial charge on any atom is 0.150 e. The van der Waals surface area contributed by atoms with E-state index >= 15 is 0 Å². The fourth-order valence-corrected chi connectivity index (χ4v) is 2.07. The third-order valence-corrected chi connectivity index (χ3v) is 3.15. The summed E-state index contributed by atoms with van der Waals surface area (Å²) in [5, 5.41) is 14.9. The molecule has 0 amide bonds. The lowest BCUT2D eigenvalue weighted by molar-refractivity contribution is 1.06. The summed E-state index contributed by atoms with van der Waals surface area (Å²) in [6.45, 7) is 2.51. The Morgan fingerprint density at radius 1 is 1.59 bits per heavy atom. The van der Waals surface area contributed by atoms with Gasteiger partial charge >= 0.3 is 0 Å². The standard InChI is InChI=1S/C11H11N5S/c1-7-6-17-9(16-7)5-15-11-10(13)8(4-12)2-3-14-11/h2-3,6H,5,13H2,1H3,(H,14,15). The molecule has 0 unspecified atom stereocenters. The molecule has 0 spiro atoms. The van der Waals surface area contributed by atoms with Gasteiger partial charge in [0.15, 0.2) is 5.82 Å². The second kappa shape index (κ2) is 4.80. The van der Waals surface area contributed by atoms with Crippen LogP contribution in [0.4, 0.5) is 11.5 Å². The van der Waals surface area contributed by atoms with Crippen LogP contribution in [0.15, 0.2) is 17.6 Å². The Balaban J connectivity index is 2.12. The van der Waals surface area contributed by atoms with E-state index in [4.69, 9.17) is 11.0 Å². The van der Waals surface area contributed by atoms with Crippen LogP contribution < -0.4 is 11.1 Å². The second-order valence-electron chi connectivity index (χ2n) is 3.47. The van der Waals surface area contributed by atoms with Crippen LogP contribution in [0.2, 0.25) is 0 Å². The normalized spacial score (nSPS) is 9.88. The number of hydrogen-bond donors (Lipinski definition) is 2. The van der Waals surface area contributed by atoms with Crippen molar-refractivity contribution >= 4 is 22.8 Å². The average molecular weight is 245 g/mol. The summed E-state index contributed by atoms with van der Waals surface area (Å²) in [4.78, 5) is 8.42. The predicted molar refractivity (Wildman–Crippen MR) is 67.5 cm³/mol. The first kappa shape index (κ1) is 11.4. The first-order chi connectivity index (χ1) is 8.20. The van der Waals surface area contributed by atoms with Gasteiger partial charge in [-0.25, -0.2) is 9.97 Å². The van der Waals surface area contributed by atoms with Crippen LogP contribution in [0, 0.1) is 18.3 Å². The molecule has 6 heteroatoms. The molecule has 2 aromatic heterocycles. The van der Waals surface area contributed by atoms with Gasteiger partial charge in [0.05, 0.1) is 17.8 Å². The van der Waals surface area contributed by atoms with E-state index in [1.54, 1.807) is 23.6 Å². The van der Waals surface area contributed by atoms with Gasteiger partial charge in [-0.1, -0.05) is 0 Å². The van der Waals surface area contributed by atoms with Crippen molar-refractivity contribution in [3.63, 3.8) is 0 Å². The Bertz CT molecular complexity index is 569. The zero-order valence-electron chi connectivity index (χ0n) is 9.27. The van der Waals surface area contributed by atoms with E-state index in [-0.39, 0.29) is 0 Å². The van der Waals surface area contributed by atoms with Gasteiger partial charge in [0.25, 0.3) is 0 Å². The Labute approximate surface area is 103 Å². The van der Waals surface area contributed by atoms with Crippen LogP contribution in [-0.4, -0.2) is 9.97 Å². The lowest BCUT2D eigenvalue weighted by atomic mass is 10.2. The zero-order valence-corrected chi connectivity index (χ0v) is 10.1. The SMILES string of the molecule is Cc1csc(CNc2nccc(C#N)c2N)n1. The molecule has 17 heavy (non-hydrogen) atoms. The quantitative estimate of drug-likeness (QED) is 0.862. The first-order valence-corrected chi connectivity index (χ1v) is 5.88. The molecule has 0 radical (unpaired) electrons. The number of rotatable bonds is 3. The average Bonchev–Trinajstić information content (AvgIpc) is 2.74. The number of nitrogens with zero attached hydrogens (tertiary/aromatic N) is 3. The molecule has 2 heterocycles. The Morgan fingerprint density at radius 3 is 3.06 bits per heavy atom. The van der Waals surface area contributed by atoms with E-state index < -0.39 is 0 Å². The Morgan fingerprint density at radius 2 is 2.41 bits per heavy atom. The topological polar surface area (TPSA) is 87.6 Å². The van der Waals surface area contributed by atoms with Crippen LogP contribution in [0.1, 0.15) is 16.3 Å². The highest BCUT2D eigenvalue weighted by Crippen LogP contribution is 2.20. The molecule has 2 rings (SSSR count). The molecule has 0 aliphatic carbocycles. The van der Waals surface area contributed by atoms with E-state index in [9.17, 15) is 0 Å². The van der Waals surface area contributed by atoms with Crippen LogP contribution in [0.5, 0.6) is 0 Å². The smallest absolute Gasteiger partial charge is 0.150 e. The summed E-state index contributed by atoms with van der Waals surface area (Å²) in [5.41, 5.74) is 7.60. The van der Waals surface area contributed by atoms with Crippen LogP contribution in [0.25, 0.3) is 0 Å². The van der Waals surface area contributed by atoms with Crippen LogP contribution in [0.3, 0.4) is 0 Å². The number of hydrogen-bond acceptors (Lipinski definition) is 6. The summed E-state index contributed by atoms with van der Waals surface area (Å²) in [7, 11) is 0. The molecule has 0 aliphatic heterocycles. The van der Waals surface area contributed by atoms with Gasteiger partial charge in [0.2, 0.25) is 0 Å². The zero-order chi connectivity index (χ0) is 12.3. The molecule has 0 saturated carbocycles. The number of aryl methyl sites for hydroxylation is 1. The van der Waals surface area contributed by atoms with Crippen LogP contribution in [-0.2, 0) is 6.54 Å². The molecule has 3 N–H and O–H groups in total. The monoisotopic (exact) mass is 245 g/mol. The third kappa shape index (κ3) is 2.52. The summed E-state index contributed by atoms with van der Waals surface area (Å²) < 4.78 is 0. The number of thiazole rings is 1. The number of nitrogens with two attached hydrogens (primary N) is 1. The fraction of sp³-hybridized carbons (Fsp3) is 0.182.